The van der Waals surface area contributed by atoms with Crippen LogP contribution in [0.1, 0.15) is 31.7 Å². The lowest BCUT2D eigenvalue weighted by Gasteiger charge is -2.09. The third-order valence-electron chi connectivity index (χ3n) is 3.36. The summed E-state index contributed by atoms with van der Waals surface area (Å²) in [6.07, 6.45) is 6.99. The maximum absolute atomic E-state index is 6.04. The fourth-order valence-corrected chi connectivity index (χ4v) is 2.35. The lowest BCUT2D eigenvalue weighted by Crippen LogP contribution is -2.16. The summed E-state index contributed by atoms with van der Waals surface area (Å²) in [7, 11) is 1.70. The minimum absolute atomic E-state index is 0.763. The maximum atomic E-state index is 6.04. The van der Waals surface area contributed by atoms with Gasteiger partial charge < -0.3 is 10.1 Å². The Balaban J connectivity index is 1.87. The molecule has 2 nitrogen and oxygen atoms in total. The Morgan fingerprint density at radius 1 is 1.47 bits per heavy atom. The third kappa shape index (κ3) is 4.88. The second-order valence-corrected chi connectivity index (χ2v) is 5.64. The van der Waals surface area contributed by atoms with Crippen molar-refractivity contribution >= 4 is 11.6 Å². The molecule has 2 rings (SSSR count). The molecule has 0 aliphatic heterocycles. The number of allylic oxidation sites excluding steroid dienone is 1. The first-order valence-electron chi connectivity index (χ1n) is 6.90. The summed E-state index contributed by atoms with van der Waals surface area (Å²) in [5.41, 5.74) is 2.51. The lowest BCUT2D eigenvalue weighted by atomic mass is 10.0. The molecule has 1 saturated carbocycles. The molecule has 1 aliphatic rings. The summed E-state index contributed by atoms with van der Waals surface area (Å²) >= 11 is 6.04. The van der Waals surface area contributed by atoms with E-state index >= 15 is 0 Å². The van der Waals surface area contributed by atoms with Gasteiger partial charge in [-0.15, -0.1) is 0 Å². The number of benzene rings is 1. The van der Waals surface area contributed by atoms with E-state index in [1.54, 1.807) is 7.11 Å². The molecule has 1 fully saturated rings. The van der Waals surface area contributed by atoms with Crippen LogP contribution in [0.4, 0.5) is 0 Å². The van der Waals surface area contributed by atoms with Crippen LogP contribution in [0.3, 0.4) is 0 Å². The van der Waals surface area contributed by atoms with Crippen molar-refractivity contribution in [2.24, 2.45) is 0 Å². The fraction of sp³-hybridized carbons (Fsp3) is 0.500. The van der Waals surface area contributed by atoms with Gasteiger partial charge in [-0.25, -0.2) is 0 Å². The Hall–Kier alpha value is -0.990. The first-order valence-corrected chi connectivity index (χ1v) is 7.28. The molecule has 0 aromatic heterocycles. The standard InChI is InChI=1S/C16H22ClNO/c1-12(4-3-9-18-15-6-7-15)10-13-11-14(17)5-8-16(13)19-2/h4-5,8,11,15,18H,3,6-7,9-10H2,1-2H3. The highest BCUT2D eigenvalue weighted by Gasteiger charge is 2.19. The molecule has 1 aromatic carbocycles. The van der Waals surface area contributed by atoms with E-state index in [9.17, 15) is 0 Å². The third-order valence-corrected chi connectivity index (χ3v) is 3.59. The number of hydrogen-bond donors (Lipinski definition) is 1. The van der Waals surface area contributed by atoms with E-state index in [2.05, 4.69) is 18.3 Å². The molecule has 0 saturated heterocycles. The van der Waals surface area contributed by atoms with Gasteiger partial charge in [0.2, 0.25) is 0 Å². The minimum Gasteiger partial charge on any atom is -0.496 e. The average Bonchev–Trinajstić information content (AvgIpc) is 3.19. The summed E-state index contributed by atoms with van der Waals surface area (Å²) in [5.74, 6) is 0.910. The second kappa shape index (κ2) is 6.97. The zero-order valence-electron chi connectivity index (χ0n) is 11.7. The maximum Gasteiger partial charge on any atom is 0.122 e. The van der Waals surface area contributed by atoms with Crippen molar-refractivity contribution in [2.45, 2.75) is 38.6 Å². The molecular weight excluding hydrogens is 258 g/mol. The lowest BCUT2D eigenvalue weighted by molar-refractivity contribution is 0.410. The van der Waals surface area contributed by atoms with Gasteiger partial charge in [-0.2, -0.15) is 0 Å². The van der Waals surface area contributed by atoms with Crippen molar-refractivity contribution in [3.8, 4) is 5.75 Å². The smallest absolute Gasteiger partial charge is 0.122 e. The zero-order valence-corrected chi connectivity index (χ0v) is 12.5. The van der Waals surface area contributed by atoms with Crippen LogP contribution in [0, 0.1) is 0 Å². The van der Waals surface area contributed by atoms with Gasteiger partial charge in [0.05, 0.1) is 7.11 Å². The number of rotatable bonds is 7. The monoisotopic (exact) mass is 279 g/mol. The number of halogens is 1. The molecule has 19 heavy (non-hydrogen) atoms. The first-order chi connectivity index (χ1) is 9.19. The number of hydrogen-bond acceptors (Lipinski definition) is 2. The molecule has 0 unspecified atom stereocenters. The number of nitrogens with one attached hydrogen (secondary N) is 1. The topological polar surface area (TPSA) is 21.3 Å². The van der Waals surface area contributed by atoms with Gasteiger partial charge in [-0.3, -0.25) is 0 Å². The highest BCUT2D eigenvalue weighted by atomic mass is 35.5. The molecule has 0 heterocycles. The zero-order chi connectivity index (χ0) is 13.7. The first kappa shape index (κ1) is 14.4. The summed E-state index contributed by atoms with van der Waals surface area (Å²) in [4.78, 5) is 0. The Labute approximate surface area is 120 Å². The predicted octanol–water partition coefficient (Wildman–Crippen LogP) is 3.98. The van der Waals surface area contributed by atoms with Crippen LogP contribution in [0.25, 0.3) is 0 Å². The van der Waals surface area contributed by atoms with Crippen LogP contribution in [-0.2, 0) is 6.42 Å². The van der Waals surface area contributed by atoms with Gasteiger partial charge in [0.1, 0.15) is 5.75 Å². The summed E-state index contributed by atoms with van der Waals surface area (Å²) in [5, 5.41) is 4.28. The van der Waals surface area contributed by atoms with Crippen molar-refractivity contribution in [3.63, 3.8) is 0 Å². The highest BCUT2D eigenvalue weighted by molar-refractivity contribution is 6.30. The molecule has 3 heteroatoms. The van der Waals surface area contributed by atoms with Crippen LogP contribution in [-0.4, -0.2) is 19.7 Å². The largest absolute Gasteiger partial charge is 0.496 e. The Bertz CT molecular complexity index is 452. The van der Waals surface area contributed by atoms with Crippen LogP contribution >= 0.6 is 11.6 Å². The van der Waals surface area contributed by atoms with Crippen LogP contribution in [0.15, 0.2) is 29.8 Å². The van der Waals surface area contributed by atoms with E-state index in [1.807, 2.05) is 18.2 Å². The summed E-state index contributed by atoms with van der Waals surface area (Å²) in [6, 6.07) is 6.57. The predicted molar refractivity (Wildman–Crippen MR) is 81.1 cm³/mol. The number of ether oxygens (including phenoxy) is 1. The van der Waals surface area contributed by atoms with Gasteiger partial charge in [0, 0.05) is 11.1 Å². The van der Waals surface area contributed by atoms with E-state index in [0.29, 0.717) is 0 Å². The van der Waals surface area contributed by atoms with E-state index in [1.165, 1.54) is 18.4 Å². The van der Waals surface area contributed by atoms with E-state index in [-0.39, 0.29) is 0 Å². The van der Waals surface area contributed by atoms with Crippen molar-refractivity contribution in [1.29, 1.82) is 0 Å². The Morgan fingerprint density at radius 2 is 2.26 bits per heavy atom. The van der Waals surface area contributed by atoms with E-state index in [4.69, 9.17) is 16.3 Å². The van der Waals surface area contributed by atoms with Gasteiger partial charge >= 0.3 is 0 Å². The second-order valence-electron chi connectivity index (χ2n) is 5.20. The average molecular weight is 280 g/mol. The minimum atomic E-state index is 0.763. The SMILES string of the molecule is COc1ccc(Cl)cc1CC(C)=CCCNC1CC1. The molecule has 0 radical (unpaired) electrons. The molecular formula is C16H22ClNO. The molecule has 1 aromatic rings. The summed E-state index contributed by atoms with van der Waals surface area (Å²) < 4.78 is 5.37. The normalized spacial score (nSPS) is 15.6. The van der Waals surface area contributed by atoms with E-state index < -0.39 is 0 Å². The van der Waals surface area contributed by atoms with Gasteiger partial charge in [-0.05, 0) is 62.9 Å². The Kier molecular flexibility index (Phi) is 5.29. The van der Waals surface area contributed by atoms with Gasteiger partial charge in [0.15, 0.2) is 0 Å². The van der Waals surface area contributed by atoms with Crippen molar-refractivity contribution in [3.05, 3.63) is 40.4 Å². The van der Waals surface area contributed by atoms with E-state index in [0.717, 1.165) is 41.8 Å². The molecule has 0 bridgehead atoms. The van der Waals surface area contributed by atoms with Crippen molar-refractivity contribution < 1.29 is 4.74 Å². The van der Waals surface area contributed by atoms with Gasteiger partial charge in [0.25, 0.3) is 0 Å². The quantitative estimate of drug-likeness (QED) is 0.602. The molecule has 104 valence electrons. The molecule has 0 atom stereocenters. The van der Waals surface area contributed by atoms with Crippen LogP contribution in [0.2, 0.25) is 5.02 Å². The molecule has 1 N–H and O–H groups in total. The highest BCUT2D eigenvalue weighted by Crippen LogP contribution is 2.25. The Morgan fingerprint density at radius 3 is 2.95 bits per heavy atom. The van der Waals surface area contributed by atoms with Gasteiger partial charge in [-0.1, -0.05) is 23.3 Å². The number of methoxy groups -OCH3 is 1. The summed E-state index contributed by atoms with van der Waals surface area (Å²) in [6.45, 7) is 3.24. The molecule has 0 amide bonds. The van der Waals surface area contributed by atoms with Crippen LogP contribution in [0.5, 0.6) is 5.75 Å². The fourth-order valence-electron chi connectivity index (χ4n) is 2.15. The molecule has 0 spiro atoms. The van der Waals surface area contributed by atoms with Crippen LogP contribution < -0.4 is 10.1 Å². The molecule has 1 aliphatic carbocycles. The van der Waals surface area contributed by atoms with Crippen molar-refractivity contribution in [1.82, 2.24) is 5.32 Å². The van der Waals surface area contributed by atoms with Crippen molar-refractivity contribution in [2.75, 3.05) is 13.7 Å².